The van der Waals surface area contributed by atoms with E-state index in [-0.39, 0.29) is 29.3 Å². The van der Waals surface area contributed by atoms with Crippen molar-refractivity contribution in [1.82, 2.24) is 0 Å². The van der Waals surface area contributed by atoms with Gasteiger partial charge in [0.05, 0.1) is 7.11 Å². The minimum Gasteiger partial charge on any atom is -0.497 e. The lowest BCUT2D eigenvalue weighted by Gasteiger charge is -2.11. The number of aryl methyl sites for hydroxylation is 1. The Morgan fingerprint density at radius 3 is 1.84 bits per heavy atom. The first kappa shape index (κ1) is 22.9. The van der Waals surface area contributed by atoms with Crippen LogP contribution in [0.1, 0.15) is 11.1 Å². The molecule has 32 heavy (non-hydrogen) atoms. The molecule has 0 N–H and O–H groups in total. The molecule has 0 atom stereocenters. The van der Waals surface area contributed by atoms with E-state index in [9.17, 15) is 13.2 Å². The number of ether oxygens (including phenoxy) is 2. The van der Waals surface area contributed by atoms with Crippen LogP contribution in [0, 0.1) is 18.6 Å². The van der Waals surface area contributed by atoms with Crippen molar-refractivity contribution >= 4 is 0 Å². The first-order chi connectivity index (χ1) is 15.3. The molecule has 0 saturated heterocycles. The Balaban J connectivity index is 1.74. The van der Waals surface area contributed by atoms with Crippen LogP contribution in [0.2, 0.25) is 0 Å². The lowest BCUT2D eigenvalue weighted by atomic mass is 9.98. The van der Waals surface area contributed by atoms with Gasteiger partial charge in [-0.1, -0.05) is 79.4 Å². The van der Waals surface area contributed by atoms with E-state index in [1.54, 1.807) is 48.5 Å². The fourth-order valence-electron chi connectivity index (χ4n) is 3.03. The molecule has 0 unspecified atom stereocenters. The maximum absolute atomic E-state index is 14.8. The van der Waals surface area contributed by atoms with Crippen LogP contribution in [-0.4, -0.2) is 7.11 Å². The first-order valence-electron chi connectivity index (χ1n) is 9.86. The van der Waals surface area contributed by atoms with E-state index in [0.717, 1.165) is 11.6 Å². The molecule has 5 heteroatoms. The van der Waals surface area contributed by atoms with Gasteiger partial charge in [-0.15, -0.1) is 0 Å². The third kappa shape index (κ3) is 5.30. The van der Waals surface area contributed by atoms with Gasteiger partial charge >= 0.3 is 0 Å². The highest BCUT2D eigenvalue weighted by Gasteiger charge is 2.16. The molecule has 0 saturated carbocycles. The lowest BCUT2D eigenvalue weighted by molar-refractivity contribution is 0.196. The van der Waals surface area contributed by atoms with Crippen LogP contribution in [0.5, 0.6) is 0 Å². The van der Waals surface area contributed by atoms with Gasteiger partial charge < -0.3 is 9.47 Å². The van der Waals surface area contributed by atoms with E-state index in [4.69, 9.17) is 9.47 Å². The summed E-state index contributed by atoms with van der Waals surface area (Å²) in [4.78, 5) is 0. The smallest absolute Gasteiger partial charge is 0.168 e. The third-order valence-corrected chi connectivity index (χ3v) is 4.94. The van der Waals surface area contributed by atoms with Crippen LogP contribution in [0.4, 0.5) is 13.2 Å². The van der Waals surface area contributed by atoms with Gasteiger partial charge in [-0.05, 0) is 23.6 Å². The van der Waals surface area contributed by atoms with Gasteiger partial charge in [0.2, 0.25) is 0 Å². The highest BCUT2D eigenvalue weighted by Crippen LogP contribution is 2.32. The summed E-state index contributed by atoms with van der Waals surface area (Å²) >= 11 is 0. The number of hydrogen-bond acceptors (Lipinski definition) is 2. The molecule has 0 bridgehead atoms. The second kappa shape index (κ2) is 10.1. The Morgan fingerprint density at radius 2 is 1.34 bits per heavy atom. The van der Waals surface area contributed by atoms with Crippen LogP contribution < -0.4 is 0 Å². The molecule has 3 rings (SSSR count). The molecule has 0 spiro atoms. The second-order valence-electron chi connectivity index (χ2n) is 7.23. The van der Waals surface area contributed by atoms with Crippen LogP contribution in [0.15, 0.2) is 97.2 Å². The molecule has 0 radical (unpaired) electrons. The van der Waals surface area contributed by atoms with Gasteiger partial charge in [-0.3, -0.25) is 0 Å². The van der Waals surface area contributed by atoms with Crippen molar-refractivity contribution in [2.75, 3.05) is 7.11 Å². The highest BCUT2D eigenvalue weighted by molar-refractivity contribution is 5.72. The van der Waals surface area contributed by atoms with E-state index >= 15 is 0 Å². The minimum absolute atomic E-state index is 0.0586. The van der Waals surface area contributed by atoms with Crippen molar-refractivity contribution < 1.29 is 22.6 Å². The molecule has 2 nitrogen and oxygen atoms in total. The SMILES string of the molecule is C=C(/C=C(/F)C(=C)OCc1ccc(-c2ccc(-c3ccc(C)cc3)c(F)c2F)cc1)OC. The molecule has 3 aromatic carbocycles. The minimum atomic E-state index is -0.911. The molecule has 0 aromatic heterocycles. The van der Waals surface area contributed by atoms with Crippen molar-refractivity contribution in [2.45, 2.75) is 13.5 Å². The van der Waals surface area contributed by atoms with Crippen molar-refractivity contribution in [3.63, 3.8) is 0 Å². The molecule has 0 aliphatic carbocycles. The lowest BCUT2D eigenvalue weighted by Crippen LogP contribution is -1.96. The maximum atomic E-state index is 14.8. The van der Waals surface area contributed by atoms with E-state index in [2.05, 4.69) is 13.2 Å². The van der Waals surface area contributed by atoms with Crippen LogP contribution >= 0.6 is 0 Å². The van der Waals surface area contributed by atoms with E-state index in [1.165, 1.54) is 7.11 Å². The summed E-state index contributed by atoms with van der Waals surface area (Å²) in [6.07, 6.45) is 1.07. The van der Waals surface area contributed by atoms with Gasteiger partial charge in [-0.25, -0.2) is 13.2 Å². The fraction of sp³-hybridized carbons (Fsp3) is 0.111. The molecule has 3 aromatic rings. The van der Waals surface area contributed by atoms with E-state index in [0.29, 0.717) is 16.7 Å². The fourth-order valence-corrected chi connectivity index (χ4v) is 3.03. The predicted octanol–water partition coefficient (Wildman–Crippen LogP) is 7.65. The molecule has 0 aliphatic heterocycles. The third-order valence-electron chi connectivity index (χ3n) is 4.94. The largest absolute Gasteiger partial charge is 0.497 e. The Labute approximate surface area is 185 Å². The monoisotopic (exact) mass is 436 g/mol. The average Bonchev–Trinajstić information content (AvgIpc) is 2.80. The van der Waals surface area contributed by atoms with Crippen molar-refractivity contribution in [1.29, 1.82) is 0 Å². The van der Waals surface area contributed by atoms with E-state index < -0.39 is 17.5 Å². The number of methoxy groups -OCH3 is 1. The number of rotatable bonds is 8. The molecule has 0 amide bonds. The molecule has 0 fully saturated rings. The molecule has 0 heterocycles. The standard InChI is InChI=1S/C27H23F3O2/c1-17-5-9-21(10-6-17)23-13-14-24(27(30)26(23)29)22-11-7-20(8-12-22)16-32-19(3)25(28)15-18(2)31-4/h5-15H,2-3,16H2,1,4H3/b25-15+. The van der Waals surface area contributed by atoms with Crippen molar-refractivity contribution in [3.05, 3.63) is 120 Å². The highest BCUT2D eigenvalue weighted by atomic mass is 19.2. The molecular formula is C27H23F3O2. The van der Waals surface area contributed by atoms with Gasteiger partial charge in [0.25, 0.3) is 0 Å². The van der Waals surface area contributed by atoms with Crippen LogP contribution in [0.3, 0.4) is 0 Å². The Kier molecular flexibility index (Phi) is 7.21. The summed E-state index contributed by atoms with van der Waals surface area (Å²) < 4.78 is 53.6. The van der Waals surface area contributed by atoms with Gasteiger partial charge in [0.15, 0.2) is 17.5 Å². The summed E-state index contributed by atoms with van der Waals surface area (Å²) in [5.41, 5.74) is 3.25. The van der Waals surface area contributed by atoms with E-state index in [1.807, 2.05) is 19.1 Å². The normalized spacial score (nSPS) is 11.2. The van der Waals surface area contributed by atoms with Crippen molar-refractivity contribution in [3.8, 4) is 22.3 Å². The first-order valence-corrected chi connectivity index (χ1v) is 9.86. The van der Waals surface area contributed by atoms with Gasteiger partial charge in [0, 0.05) is 17.2 Å². The Bertz CT molecular complexity index is 1160. The quantitative estimate of drug-likeness (QED) is 0.267. The Hall–Kier alpha value is -3.73. The zero-order chi connectivity index (χ0) is 23.3. The topological polar surface area (TPSA) is 18.5 Å². The Morgan fingerprint density at radius 1 is 0.844 bits per heavy atom. The molecule has 164 valence electrons. The number of allylic oxidation sites excluding steroid dienone is 2. The summed E-state index contributed by atoms with van der Waals surface area (Å²) in [5.74, 6) is -2.52. The van der Waals surface area contributed by atoms with Gasteiger partial charge in [-0.2, -0.15) is 0 Å². The zero-order valence-electron chi connectivity index (χ0n) is 17.9. The zero-order valence-corrected chi connectivity index (χ0v) is 17.9. The summed E-state index contributed by atoms with van der Waals surface area (Å²) in [6, 6.07) is 17.1. The summed E-state index contributed by atoms with van der Waals surface area (Å²) in [5, 5.41) is 0. The summed E-state index contributed by atoms with van der Waals surface area (Å²) in [6.45, 7) is 9.02. The summed E-state index contributed by atoms with van der Waals surface area (Å²) in [7, 11) is 1.38. The maximum Gasteiger partial charge on any atom is 0.168 e. The predicted molar refractivity (Wildman–Crippen MR) is 121 cm³/mol. The van der Waals surface area contributed by atoms with Crippen molar-refractivity contribution in [2.24, 2.45) is 0 Å². The second-order valence-corrected chi connectivity index (χ2v) is 7.23. The van der Waals surface area contributed by atoms with Crippen LogP contribution in [-0.2, 0) is 16.1 Å². The average molecular weight is 436 g/mol. The molecular weight excluding hydrogens is 413 g/mol. The number of hydrogen-bond donors (Lipinski definition) is 0. The number of benzene rings is 3. The molecule has 0 aliphatic rings. The van der Waals surface area contributed by atoms with Gasteiger partial charge in [0.1, 0.15) is 18.1 Å². The van der Waals surface area contributed by atoms with Crippen LogP contribution in [0.25, 0.3) is 22.3 Å². The number of halogens is 3.